The van der Waals surface area contributed by atoms with Crippen LogP contribution in [0.1, 0.15) is 68.6 Å². The molecule has 0 saturated carbocycles. The van der Waals surface area contributed by atoms with Crippen molar-refractivity contribution >= 4 is 53.3 Å². The molecule has 0 unspecified atom stereocenters. The van der Waals surface area contributed by atoms with Gasteiger partial charge in [0.15, 0.2) is 11.9 Å². The van der Waals surface area contributed by atoms with Gasteiger partial charge >= 0.3 is 0 Å². The number of phenolic OH excluding ortho intramolecular Hbond substituents is 2. The van der Waals surface area contributed by atoms with E-state index in [1.165, 1.54) is 55.5 Å². The summed E-state index contributed by atoms with van der Waals surface area (Å²) in [6.45, 7) is 1.77. The number of carbonyl (C=O) groups excluding carboxylic acids is 7. The molecule has 0 bridgehead atoms. The fourth-order valence-electron chi connectivity index (χ4n) is 7.99. The molecule has 76 heavy (non-hydrogen) atoms. The van der Waals surface area contributed by atoms with Crippen LogP contribution in [0.2, 0.25) is 0 Å². The van der Waals surface area contributed by atoms with Gasteiger partial charge in [0.05, 0.1) is 0 Å². The number of nitrogens with zero attached hydrogens (tertiary/aromatic N) is 2. The summed E-state index contributed by atoms with van der Waals surface area (Å²) in [6.07, 6.45) is 1.28. The van der Waals surface area contributed by atoms with E-state index in [-0.39, 0.29) is 87.9 Å². The third kappa shape index (κ3) is 21.4. The van der Waals surface area contributed by atoms with Gasteiger partial charge in [-0.05, 0) is 104 Å². The summed E-state index contributed by atoms with van der Waals surface area (Å²) in [6, 6.07) is 20.9. The van der Waals surface area contributed by atoms with Gasteiger partial charge < -0.3 is 76.5 Å². The lowest BCUT2D eigenvalue weighted by Crippen LogP contribution is -2.60. The highest BCUT2D eigenvalue weighted by Crippen LogP contribution is 2.21. The lowest BCUT2D eigenvalue weighted by atomic mass is 9.99. The first-order chi connectivity index (χ1) is 36.3. The maximum Gasteiger partial charge on any atom is 0.243 e. The van der Waals surface area contributed by atoms with Crippen molar-refractivity contribution in [3.63, 3.8) is 0 Å². The summed E-state index contributed by atoms with van der Waals surface area (Å²) in [5, 5.41) is 36.3. The highest BCUT2D eigenvalue weighted by Gasteiger charge is 2.34. The molecule has 7 amide bonds. The molecule has 0 aliphatic rings. The van der Waals surface area contributed by atoms with Crippen molar-refractivity contribution in [1.82, 2.24) is 31.9 Å². The highest BCUT2D eigenvalue weighted by atomic mass is 16.3. The summed E-state index contributed by atoms with van der Waals surface area (Å²) in [4.78, 5) is 105. The summed E-state index contributed by atoms with van der Waals surface area (Å²) in [7, 11) is 0. The third-order valence-corrected chi connectivity index (χ3v) is 12.0. The number of guanidine groups is 2. The number of nitrogens with one attached hydrogen (secondary N) is 6. The number of unbranched alkanes of at least 4 members (excludes halogenated alkanes) is 1. The number of hydrogen-bond donors (Lipinski definition) is 14. The van der Waals surface area contributed by atoms with Crippen molar-refractivity contribution in [2.24, 2.45) is 44.4 Å². The number of phenols is 2. The van der Waals surface area contributed by atoms with Crippen LogP contribution in [0.5, 0.6) is 11.5 Å². The zero-order valence-corrected chi connectivity index (χ0v) is 42.6. The number of hydrogen-bond acceptors (Lipinski definition) is 12. The van der Waals surface area contributed by atoms with E-state index in [1.807, 2.05) is 42.5 Å². The second kappa shape index (κ2) is 31.1. The molecule has 23 nitrogen and oxygen atoms in total. The molecule has 0 aromatic heterocycles. The molecule has 6 atom stereocenters. The minimum absolute atomic E-state index is 0.0445. The van der Waals surface area contributed by atoms with Crippen LogP contribution in [0.25, 0.3) is 11.1 Å². The van der Waals surface area contributed by atoms with Crippen LogP contribution in [0.4, 0.5) is 0 Å². The van der Waals surface area contributed by atoms with Crippen LogP contribution < -0.4 is 66.3 Å². The van der Waals surface area contributed by atoms with E-state index in [2.05, 4.69) is 41.9 Å². The Bertz CT molecular complexity index is 2590. The van der Waals surface area contributed by atoms with Crippen LogP contribution >= 0.6 is 0 Å². The Morgan fingerprint density at radius 2 is 0.776 bits per heavy atom. The Labute approximate surface area is 441 Å². The Balaban J connectivity index is 1.70. The maximum atomic E-state index is 14.7. The first-order valence-electron chi connectivity index (χ1n) is 24.9. The number of primary amides is 1. The van der Waals surface area contributed by atoms with Gasteiger partial charge in [-0.15, -0.1) is 0 Å². The number of aromatic hydroxyl groups is 2. The number of amides is 7. The number of aliphatic imine (C=N–C) groups is 2. The normalized spacial score (nSPS) is 13.2. The molecular weight excluding hydrogens is 977 g/mol. The fraction of sp³-hybridized carbons (Fsp3) is 0.377. The fourth-order valence-corrected chi connectivity index (χ4v) is 7.99. The van der Waals surface area contributed by atoms with Gasteiger partial charge in [0.25, 0.3) is 0 Å². The van der Waals surface area contributed by atoms with Crippen molar-refractivity contribution in [3.05, 3.63) is 120 Å². The lowest BCUT2D eigenvalue weighted by molar-refractivity contribution is -0.135. The zero-order valence-electron chi connectivity index (χ0n) is 42.6. The minimum atomic E-state index is -1.46. The van der Waals surface area contributed by atoms with Crippen LogP contribution in [0.3, 0.4) is 0 Å². The smallest absolute Gasteiger partial charge is 0.243 e. The summed E-state index contributed by atoms with van der Waals surface area (Å²) in [5.74, 6) is -5.79. The third-order valence-electron chi connectivity index (χ3n) is 12.0. The van der Waals surface area contributed by atoms with Gasteiger partial charge in [-0.1, -0.05) is 78.9 Å². The predicted molar refractivity (Wildman–Crippen MR) is 288 cm³/mol. The SMILES string of the molecule is CC(=O)N[C@@H](CCCN=C(N)N)C(=O)N[C@@H](Cc1ccc(O)cc1)C(=O)N[C@@H](Cc1ccc(O)cc1)C(=O)N[C@@H](CCCN=C(N)N)C(=O)N[C@@H](Cc1ccc(-c2ccccc2)cc1)C(=O)N[C@@H](CCCCN)C(N)=O. The van der Waals surface area contributed by atoms with Gasteiger partial charge in [-0.2, -0.15) is 0 Å². The van der Waals surface area contributed by atoms with E-state index in [0.29, 0.717) is 36.1 Å². The molecule has 4 rings (SSSR count). The summed E-state index contributed by atoms with van der Waals surface area (Å²) >= 11 is 0. The van der Waals surface area contributed by atoms with E-state index < -0.39 is 77.6 Å². The molecule has 0 aliphatic heterocycles. The molecule has 0 saturated heterocycles. The first-order valence-corrected chi connectivity index (χ1v) is 24.9. The molecule has 0 spiro atoms. The van der Waals surface area contributed by atoms with Crippen molar-refractivity contribution in [3.8, 4) is 22.6 Å². The van der Waals surface area contributed by atoms with Gasteiger partial charge in [-0.25, -0.2) is 0 Å². The minimum Gasteiger partial charge on any atom is -0.508 e. The van der Waals surface area contributed by atoms with Gasteiger partial charge in [0, 0.05) is 39.3 Å². The van der Waals surface area contributed by atoms with Crippen molar-refractivity contribution in [1.29, 1.82) is 0 Å². The molecule has 0 fully saturated rings. The van der Waals surface area contributed by atoms with Gasteiger partial charge in [-0.3, -0.25) is 43.5 Å². The Hall–Kier alpha value is -8.73. The van der Waals surface area contributed by atoms with E-state index >= 15 is 0 Å². The highest BCUT2D eigenvalue weighted by molar-refractivity contribution is 5.97. The molecular formula is C53H72N14O9. The topological polar surface area (TPSA) is 413 Å². The Morgan fingerprint density at radius 1 is 0.434 bits per heavy atom. The monoisotopic (exact) mass is 1050 g/mol. The summed E-state index contributed by atoms with van der Waals surface area (Å²) in [5.41, 5.74) is 37.0. The van der Waals surface area contributed by atoms with Crippen molar-refractivity contribution in [2.75, 3.05) is 19.6 Å². The Kier molecular flexibility index (Phi) is 24.5. The molecule has 0 aliphatic carbocycles. The van der Waals surface area contributed by atoms with Gasteiger partial charge in [0.2, 0.25) is 41.4 Å². The maximum absolute atomic E-state index is 14.7. The van der Waals surface area contributed by atoms with E-state index in [0.717, 1.165) is 11.1 Å². The molecule has 4 aromatic carbocycles. The van der Waals surface area contributed by atoms with Gasteiger partial charge in [0.1, 0.15) is 47.8 Å². The first kappa shape index (κ1) is 59.8. The molecule has 0 heterocycles. The molecule has 4 aromatic rings. The van der Waals surface area contributed by atoms with E-state index in [9.17, 15) is 43.8 Å². The molecule has 408 valence electrons. The Morgan fingerprint density at radius 3 is 1.16 bits per heavy atom. The van der Waals surface area contributed by atoms with Crippen LogP contribution in [-0.2, 0) is 52.8 Å². The average molecular weight is 1050 g/mol. The van der Waals surface area contributed by atoms with Crippen LogP contribution in [0.15, 0.2) is 113 Å². The predicted octanol–water partition coefficient (Wildman–Crippen LogP) is -0.557. The van der Waals surface area contributed by atoms with Crippen molar-refractivity contribution in [2.45, 2.75) is 107 Å². The average Bonchev–Trinajstić information content (AvgIpc) is 3.38. The van der Waals surface area contributed by atoms with Crippen LogP contribution in [0, 0.1) is 0 Å². The quantitative estimate of drug-likeness (QED) is 0.0171. The molecule has 23 heteroatoms. The second-order valence-electron chi connectivity index (χ2n) is 18.2. The van der Waals surface area contributed by atoms with E-state index in [1.54, 1.807) is 12.1 Å². The van der Waals surface area contributed by atoms with Crippen LogP contribution in [-0.4, -0.2) is 119 Å². The lowest BCUT2D eigenvalue weighted by Gasteiger charge is -2.28. The molecule has 0 radical (unpaired) electrons. The summed E-state index contributed by atoms with van der Waals surface area (Å²) < 4.78 is 0. The largest absolute Gasteiger partial charge is 0.508 e. The standard InChI is InChI=1S/C53H72N14O9/c1-32(68)62-41(12-7-27-60-52(56)57)47(72)65-45(31-35-18-24-39(70)25-19-35)51(76)67-44(30-34-16-22-38(69)23-17-34)50(75)64-42(13-8-28-61-53(58)59)48(73)66-43(49(74)63-40(46(55)71)11-5-6-26-54)29-33-14-20-37(21-15-33)36-9-3-2-4-10-36/h2-4,9-10,14-25,40-45,69-70H,5-8,11-13,26-31,54H2,1H3,(H2,55,71)(H,62,68)(H,63,74)(H,64,75)(H,65,72)(H,66,73)(H,67,76)(H4,56,57,60)(H4,58,59,61)/t40-,41-,42-,43-,44-,45-/m0/s1. The van der Waals surface area contributed by atoms with E-state index in [4.69, 9.17) is 34.4 Å². The molecule has 20 N–H and O–H groups in total. The number of rotatable bonds is 31. The number of nitrogens with two attached hydrogens (primary N) is 6. The number of carbonyl (C=O) groups is 7. The number of benzene rings is 4. The zero-order chi connectivity index (χ0) is 55.6. The van der Waals surface area contributed by atoms with Crippen molar-refractivity contribution < 1.29 is 43.8 Å². The second-order valence-corrected chi connectivity index (χ2v) is 18.2.